The van der Waals surface area contributed by atoms with E-state index in [0.717, 1.165) is 11.1 Å². The molecule has 2 atom stereocenters. The molecule has 0 spiro atoms. The molecule has 2 aromatic carbocycles. The molecule has 0 aromatic heterocycles. The first kappa shape index (κ1) is 16.3. The number of hydrogen-bond acceptors (Lipinski definition) is 3. The average Bonchev–Trinajstić information content (AvgIpc) is 2.54. The maximum Gasteiger partial charge on any atom is 0.408 e. The van der Waals surface area contributed by atoms with Crippen LogP contribution in [0, 0.1) is 0 Å². The zero-order valence-corrected chi connectivity index (χ0v) is 12.9. The minimum absolute atomic E-state index is 0.122. The molecule has 5 nitrogen and oxygen atoms in total. The summed E-state index contributed by atoms with van der Waals surface area (Å²) >= 11 is 0. The highest BCUT2D eigenvalue weighted by atomic mass is 31.1. The summed E-state index contributed by atoms with van der Waals surface area (Å²) in [6.07, 6.45) is -0.410. The molecule has 1 unspecified atom stereocenters. The van der Waals surface area contributed by atoms with Crippen LogP contribution in [0.1, 0.15) is 11.1 Å². The monoisotopic (exact) mass is 319 g/mol. The molecule has 0 saturated carbocycles. The van der Waals surface area contributed by atoms with Gasteiger partial charge in [-0.25, -0.2) is 4.79 Å². The largest absolute Gasteiger partial charge is 0.445 e. The van der Waals surface area contributed by atoms with Crippen LogP contribution in [0.25, 0.3) is 0 Å². The fraction of sp³-hybridized carbons (Fsp3) is 0.188. The molecule has 0 aliphatic heterocycles. The molecule has 22 heavy (non-hydrogen) atoms. The molecule has 116 valence electrons. The van der Waals surface area contributed by atoms with Crippen LogP contribution in [0.3, 0.4) is 0 Å². The quantitative estimate of drug-likeness (QED) is 0.803. The second-order valence-corrected chi connectivity index (χ2v) is 6.16. The highest BCUT2D eigenvalue weighted by Crippen LogP contribution is 2.23. The zero-order valence-electron chi connectivity index (χ0n) is 11.9. The van der Waals surface area contributed by atoms with E-state index in [1.165, 1.54) is 0 Å². The van der Waals surface area contributed by atoms with Gasteiger partial charge in [0.1, 0.15) is 12.4 Å². The minimum atomic E-state index is -2.91. The normalized spacial score (nSPS) is 13.1. The summed E-state index contributed by atoms with van der Waals surface area (Å²) in [5, 5.41) is 2.46. The van der Waals surface area contributed by atoms with Gasteiger partial charge in [-0.2, -0.15) is 0 Å². The Hall–Kier alpha value is -2.10. The molecule has 1 amide bonds. The third-order valence-corrected chi connectivity index (χ3v) is 4.03. The summed E-state index contributed by atoms with van der Waals surface area (Å²) < 4.78 is 16.5. The molecule has 6 heteroatoms. The van der Waals surface area contributed by atoms with E-state index in [2.05, 4.69) is 5.32 Å². The fourth-order valence-corrected chi connectivity index (χ4v) is 2.61. The van der Waals surface area contributed by atoms with Crippen LogP contribution in [-0.4, -0.2) is 16.8 Å². The van der Waals surface area contributed by atoms with Gasteiger partial charge in [-0.15, -0.1) is 0 Å². The van der Waals surface area contributed by atoms with E-state index in [1.54, 1.807) is 0 Å². The van der Waals surface area contributed by atoms with Crippen molar-refractivity contribution in [1.29, 1.82) is 0 Å². The van der Waals surface area contributed by atoms with E-state index in [1.807, 2.05) is 60.7 Å². The van der Waals surface area contributed by atoms with Crippen molar-refractivity contribution in [2.24, 2.45) is 0 Å². The zero-order chi connectivity index (χ0) is 15.8. The van der Waals surface area contributed by atoms with Gasteiger partial charge in [0.25, 0.3) is 0 Å². The predicted molar refractivity (Wildman–Crippen MR) is 84.9 cm³/mol. The van der Waals surface area contributed by atoms with E-state index in [4.69, 9.17) is 4.74 Å². The number of carbonyl (C=O) groups excluding carboxylic acids is 1. The molecule has 2 N–H and O–H groups in total. The highest BCUT2D eigenvalue weighted by Gasteiger charge is 2.18. The second-order valence-electron chi connectivity index (χ2n) is 4.79. The van der Waals surface area contributed by atoms with Crippen LogP contribution in [0.5, 0.6) is 0 Å². The van der Waals surface area contributed by atoms with Gasteiger partial charge in [0.15, 0.2) is 0 Å². The number of carbonyl (C=O) groups is 1. The lowest BCUT2D eigenvalue weighted by Gasteiger charge is -2.16. The number of rotatable bonds is 6. The third-order valence-electron chi connectivity index (χ3n) is 3.09. The Bertz CT molecular complexity index is 619. The van der Waals surface area contributed by atoms with Crippen molar-refractivity contribution in [1.82, 2.24) is 5.32 Å². The summed E-state index contributed by atoms with van der Waals surface area (Å²) in [7, 11) is -2.91. The Labute approximate surface area is 129 Å². The van der Waals surface area contributed by atoms with Crippen LogP contribution in [-0.2, 0) is 22.3 Å². The molecule has 0 aliphatic rings. The van der Waals surface area contributed by atoms with Crippen LogP contribution in [0.4, 0.5) is 4.79 Å². The van der Waals surface area contributed by atoms with Gasteiger partial charge >= 0.3 is 6.09 Å². The maximum atomic E-state index is 11.8. The molecule has 0 aliphatic carbocycles. The lowest BCUT2D eigenvalue weighted by Crippen LogP contribution is -2.34. The molecular formula is C16H18NO4P. The summed E-state index contributed by atoms with van der Waals surface area (Å²) in [5.74, 6) is -0.837. The van der Waals surface area contributed by atoms with E-state index < -0.39 is 19.9 Å². The van der Waals surface area contributed by atoms with Crippen molar-refractivity contribution in [2.45, 2.75) is 18.8 Å². The Balaban J connectivity index is 1.88. The van der Waals surface area contributed by atoms with Gasteiger partial charge in [0, 0.05) is 6.42 Å². The first-order chi connectivity index (χ1) is 10.6. The van der Waals surface area contributed by atoms with Crippen molar-refractivity contribution < 1.29 is 19.0 Å². The van der Waals surface area contributed by atoms with E-state index in [9.17, 15) is 14.3 Å². The molecule has 0 heterocycles. The second kappa shape index (κ2) is 8.37. The molecule has 0 saturated heterocycles. The van der Waals surface area contributed by atoms with Crippen molar-refractivity contribution in [3.63, 3.8) is 0 Å². The Morgan fingerprint density at radius 3 is 2.14 bits per heavy atom. The van der Waals surface area contributed by atoms with Gasteiger partial charge in [-0.3, -0.25) is 4.57 Å². The van der Waals surface area contributed by atoms with Crippen molar-refractivity contribution in [2.75, 3.05) is 0 Å². The number of ether oxygens (including phenoxy) is 1. The molecule has 0 radical (unpaired) electrons. The van der Waals surface area contributed by atoms with Gasteiger partial charge in [-0.05, 0) is 11.1 Å². The van der Waals surface area contributed by atoms with Crippen LogP contribution in [0.2, 0.25) is 0 Å². The minimum Gasteiger partial charge on any atom is -0.445 e. The Morgan fingerprint density at radius 1 is 1.05 bits per heavy atom. The number of benzene rings is 2. The Kier molecular flexibility index (Phi) is 6.19. The summed E-state index contributed by atoms with van der Waals surface area (Å²) in [6, 6.07) is 18.5. The lowest BCUT2D eigenvalue weighted by molar-refractivity contribution is 0.138. The SMILES string of the molecule is O=C(N[C@H](Cc1ccccc1)[PH](=O)O)OCc1ccccc1. The predicted octanol–water partition coefficient (Wildman–Crippen LogP) is 2.95. The van der Waals surface area contributed by atoms with E-state index in [-0.39, 0.29) is 13.0 Å². The summed E-state index contributed by atoms with van der Waals surface area (Å²) in [5.41, 5.74) is 1.73. The maximum absolute atomic E-state index is 11.8. The van der Waals surface area contributed by atoms with E-state index in [0.29, 0.717) is 0 Å². The number of amides is 1. The molecule has 0 fully saturated rings. The van der Waals surface area contributed by atoms with Crippen molar-refractivity contribution in [3.05, 3.63) is 71.8 Å². The summed E-state index contributed by atoms with van der Waals surface area (Å²) in [6.45, 7) is 0.122. The Morgan fingerprint density at radius 2 is 1.59 bits per heavy atom. The molecule has 2 aromatic rings. The van der Waals surface area contributed by atoms with Crippen LogP contribution in [0.15, 0.2) is 60.7 Å². The lowest BCUT2D eigenvalue weighted by atomic mass is 10.1. The molecule has 0 bridgehead atoms. The van der Waals surface area contributed by atoms with Crippen molar-refractivity contribution >= 4 is 14.1 Å². The van der Waals surface area contributed by atoms with Crippen LogP contribution < -0.4 is 5.32 Å². The molecular weight excluding hydrogens is 301 g/mol. The van der Waals surface area contributed by atoms with Gasteiger partial charge < -0.3 is 14.9 Å². The van der Waals surface area contributed by atoms with Gasteiger partial charge in [0.05, 0.1) is 0 Å². The van der Waals surface area contributed by atoms with Crippen LogP contribution >= 0.6 is 8.03 Å². The first-order valence-corrected chi connectivity index (χ1v) is 8.32. The fourth-order valence-electron chi connectivity index (χ4n) is 1.96. The van der Waals surface area contributed by atoms with Gasteiger partial charge in [0.2, 0.25) is 8.03 Å². The number of nitrogens with one attached hydrogen (secondary N) is 1. The average molecular weight is 319 g/mol. The summed E-state index contributed by atoms with van der Waals surface area (Å²) in [4.78, 5) is 21.1. The topological polar surface area (TPSA) is 75.6 Å². The first-order valence-electron chi connectivity index (χ1n) is 6.89. The van der Waals surface area contributed by atoms with E-state index >= 15 is 0 Å². The highest BCUT2D eigenvalue weighted by molar-refractivity contribution is 7.38. The third kappa shape index (κ3) is 5.35. The smallest absolute Gasteiger partial charge is 0.408 e. The van der Waals surface area contributed by atoms with Crippen molar-refractivity contribution in [3.8, 4) is 0 Å². The van der Waals surface area contributed by atoms with Gasteiger partial charge in [-0.1, -0.05) is 60.7 Å². The molecule has 2 rings (SSSR count). The number of alkyl carbamates (subject to hydrolysis) is 1. The number of hydrogen-bond donors (Lipinski definition) is 2. The standard InChI is InChI=1S/C16H18NO4P/c18-16(21-12-14-9-5-2-6-10-14)17-15(22(19)20)11-13-7-3-1-4-8-13/h1-10,15,22H,11-12H2,(H,17,18)(H,19,20)/t15-/m0/s1.